The third-order valence-electron chi connectivity index (χ3n) is 2.66. The van der Waals surface area contributed by atoms with Crippen molar-refractivity contribution in [3.8, 4) is 11.8 Å². The van der Waals surface area contributed by atoms with Crippen LogP contribution in [0.5, 0.6) is 5.75 Å². The van der Waals surface area contributed by atoms with Gasteiger partial charge in [-0.1, -0.05) is 36.9 Å². The molecule has 1 heterocycles. The maximum absolute atomic E-state index is 9.19. The van der Waals surface area contributed by atoms with E-state index in [0.29, 0.717) is 10.9 Å². The SMILES string of the molecule is CCCSc1nc(N)c(C#N)c(COc2ccccc2)n1. The fourth-order valence-corrected chi connectivity index (χ4v) is 2.38. The van der Waals surface area contributed by atoms with Gasteiger partial charge in [-0.05, 0) is 18.6 Å². The van der Waals surface area contributed by atoms with Crippen LogP contribution in [-0.4, -0.2) is 15.7 Å². The van der Waals surface area contributed by atoms with Crippen molar-refractivity contribution in [2.75, 3.05) is 11.5 Å². The van der Waals surface area contributed by atoms with Gasteiger partial charge in [-0.2, -0.15) is 5.26 Å². The number of rotatable bonds is 6. The topological polar surface area (TPSA) is 84.8 Å². The molecule has 108 valence electrons. The first kappa shape index (κ1) is 15.1. The molecule has 0 atom stereocenters. The quantitative estimate of drug-likeness (QED) is 0.652. The van der Waals surface area contributed by atoms with Crippen molar-refractivity contribution in [2.45, 2.75) is 25.1 Å². The summed E-state index contributed by atoms with van der Waals surface area (Å²) in [5, 5.41) is 9.77. The highest BCUT2D eigenvalue weighted by Gasteiger charge is 2.13. The second-order valence-corrected chi connectivity index (χ2v) is 5.34. The zero-order chi connectivity index (χ0) is 15.1. The zero-order valence-corrected chi connectivity index (χ0v) is 12.6. The molecule has 2 rings (SSSR count). The number of hydrogen-bond donors (Lipinski definition) is 1. The Labute approximate surface area is 128 Å². The number of nitrogens with zero attached hydrogens (tertiary/aromatic N) is 3. The molecule has 0 saturated heterocycles. The van der Waals surface area contributed by atoms with Crippen LogP contribution in [0.2, 0.25) is 0 Å². The third kappa shape index (κ3) is 4.10. The highest BCUT2D eigenvalue weighted by molar-refractivity contribution is 7.99. The van der Waals surface area contributed by atoms with E-state index >= 15 is 0 Å². The van der Waals surface area contributed by atoms with Crippen molar-refractivity contribution in [1.82, 2.24) is 9.97 Å². The number of hydrogen-bond acceptors (Lipinski definition) is 6. The average molecular weight is 300 g/mol. The van der Waals surface area contributed by atoms with Crippen LogP contribution in [0.3, 0.4) is 0 Å². The number of nitrogens with two attached hydrogens (primary N) is 1. The number of benzene rings is 1. The number of thioether (sulfide) groups is 1. The maximum atomic E-state index is 9.19. The Kier molecular flexibility index (Phi) is 5.41. The fourth-order valence-electron chi connectivity index (χ4n) is 1.66. The molecular formula is C15H16N4OS. The minimum atomic E-state index is 0.194. The zero-order valence-electron chi connectivity index (χ0n) is 11.7. The van der Waals surface area contributed by atoms with Crippen molar-refractivity contribution in [1.29, 1.82) is 5.26 Å². The molecule has 0 radical (unpaired) electrons. The van der Waals surface area contributed by atoms with Crippen molar-refractivity contribution < 1.29 is 4.74 Å². The predicted molar refractivity (Wildman–Crippen MR) is 82.9 cm³/mol. The second-order valence-electron chi connectivity index (χ2n) is 4.28. The summed E-state index contributed by atoms with van der Waals surface area (Å²) < 4.78 is 5.64. The van der Waals surface area contributed by atoms with Gasteiger partial charge in [-0.3, -0.25) is 0 Å². The molecule has 0 aliphatic rings. The van der Waals surface area contributed by atoms with E-state index in [-0.39, 0.29) is 18.0 Å². The molecule has 0 unspecified atom stereocenters. The lowest BCUT2D eigenvalue weighted by atomic mass is 10.2. The molecule has 2 N–H and O–H groups in total. The lowest BCUT2D eigenvalue weighted by Crippen LogP contribution is -2.08. The first-order valence-electron chi connectivity index (χ1n) is 6.61. The Balaban J connectivity index is 2.20. The lowest BCUT2D eigenvalue weighted by molar-refractivity contribution is 0.299. The van der Waals surface area contributed by atoms with E-state index in [1.807, 2.05) is 36.4 Å². The Morgan fingerprint density at radius 1 is 1.29 bits per heavy atom. The van der Waals surface area contributed by atoms with Crippen LogP contribution in [0, 0.1) is 11.3 Å². The van der Waals surface area contributed by atoms with Gasteiger partial charge in [0.2, 0.25) is 0 Å². The number of nitriles is 1. The molecule has 1 aromatic carbocycles. The van der Waals surface area contributed by atoms with E-state index in [0.717, 1.165) is 17.9 Å². The Morgan fingerprint density at radius 2 is 2.05 bits per heavy atom. The largest absolute Gasteiger partial charge is 0.487 e. The highest BCUT2D eigenvalue weighted by atomic mass is 32.2. The fraction of sp³-hybridized carbons (Fsp3) is 0.267. The van der Waals surface area contributed by atoms with Crippen LogP contribution >= 0.6 is 11.8 Å². The molecule has 5 nitrogen and oxygen atoms in total. The summed E-state index contributed by atoms with van der Waals surface area (Å²) in [7, 11) is 0. The van der Waals surface area contributed by atoms with E-state index in [1.165, 1.54) is 11.8 Å². The molecule has 21 heavy (non-hydrogen) atoms. The van der Waals surface area contributed by atoms with Gasteiger partial charge in [0.25, 0.3) is 0 Å². The highest BCUT2D eigenvalue weighted by Crippen LogP contribution is 2.21. The monoisotopic (exact) mass is 300 g/mol. The molecule has 1 aromatic heterocycles. The smallest absolute Gasteiger partial charge is 0.189 e. The van der Waals surface area contributed by atoms with Gasteiger partial charge in [0.05, 0.1) is 0 Å². The van der Waals surface area contributed by atoms with Crippen LogP contribution in [0.4, 0.5) is 5.82 Å². The van der Waals surface area contributed by atoms with Gasteiger partial charge in [-0.25, -0.2) is 9.97 Å². The van der Waals surface area contributed by atoms with Gasteiger partial charge >= 0.3 is 0 Å². The van der Waals surface area contributed by atoms with Crippen LogP contribution in [0.1, 0.15) is 24.6 Å². The van der Waals surface area contributed by atoms with Crippen LogP contribution in [-0.2, 0) is 6.61 Å². The summed E-state index contributed by atoms with van der Waals surface area (Å²) in [5.41, 5.74) is 6.64. The first-order chi connectivity index (χ1) is 10.2. The molecule has 0 aliphatic heterocycles. The van der Waals surface area contributed by atoms with Crippen LogP contribution in [0.15, 0.2) is 35.5 Å². The molecule has 2 aromatic rings. The molecule has 0 bridgehead atoms. The molecule has 0 amide bonds. The third-order valence-corrected chi connectivity index (χ3v) is 3.71. The molecule has 0 spiro atoms. The maximum Gasteiger partial charge on any atom is 0.189 e. The molecular weight excluding hydrogens is 284 g/mol. The molecule has 0 saturated carbocycles. The second kappa shape index (κ2) is 7.50. The van der Waals surface area contributed by atoms with Gasteiger partial charge in [0.15, 0.2) is 5.16 Å². The van der Waals surface area contributed by atoms with Gasteiger partial charge < -0.3 is 10.5 Å². The normalized spacial score (nSPS) is 10.1. The lowest BCUT2D eigenvalue weighted by Gasteiger charge is -2.09. The van der Waals surface area contributed by atoms with Gasteiger partial charge in [0, 0.05) is 5.75 Å². The Bertz CT molecular complexity index is 640. The standard InChI is InChI=1S/C15H16N4OS/c1-2-8-21-15-18-13(12(9-16)14(17)19-15)10-20-11-6-4-3-5-7-11/h3-7H,2,8,10H2,1H3,(H2,17,18,19). The predicted octanol–water partition coefficient (Wildman–Crippen LogP) is 3.01. The van der Waals surface area contributed by atoms with E-state index in [2.05, 4.69) is 16.9 Å². The molecule has 6 heteroatoms. The summed E-state index contributed by atoms with van der Waals surface area (Å²) in [6.45, 7) is 2.28. The van der Waals surface area contributed by atoms with Crippen molar-refractivity contribution in [3.05, 3.63) is 41.6 Å². The summed E-state index contributed by atoms with van der Waals surface area (Å²) >= 11 is 1.52. The first-order valence-corrected chi connectivity index (χ1v) is 7.60. The van der Waals surface area contributed by atoms with Crippen molar-refractivity contribution >= 4 is 17.6 Å². The number of anilines is 1. The van der Waals surface area contributed by atoms with E-state index in [9.17, 15) is 5.26 Å². The Morgan fingerprint density at radius 3 is 2.71 bits per heavy atom. The molecule has 0 fully saturated rings. The number of nitrogen functional groups attached to an aromatic ring is 1. The number of aromatic nitrogens is 2. The number of ether oxygens (including phenoxy) is 1. The van der Waals surface area contributed by atoms with E-state index in [1.54, 1.807) is 0 Å². The van der Waals surface area contributed by atoms with E-state index in [4.69, 9.17) is 10.5 Å². The minimum Gasteiger partial charge on any atom is -0.487 e. The van der Waals surface area contributed by atoms with Crippen LogP contribution in [0.25, 0.3) is 0 Å². The van der Waals surface area contributed by atoms with Gasteiger partial charge in [-0.15, -0.1) is 0 Å². The van der Waals surface area contributed by atoms with E-state index < -0.39 is 0 Å². The van der Waals surface area contributed by atoms with Crippen LogP contribution < -0.4 is 10.5 Å². The summed E-state index contributed by atoms with van der Waals surface area (Å²) in [6.07, 6.45) is 1.02. The Hall–Kier alpha value is -2.26. The molecule has 0 aliphatic carbocycles. The number of para-hydroxylation sites is 1. The van der Waals surface area contributed by atoms with Crippen molar-refractivity contribution in [2.24, 2.45) is 0 Å². The minimum absolute atomic E-state index is 0.194. The summed E-state index contributed by atoms with van der Waals surface area (Å²) in [5.74, 6) is 1.84. The van der Waals surface area contributed by atoms with Gasteiger partial charge in [0.1, 0.15) is 35.5 Å². The average Bonchev–Trinajstić information content (AvgIpc) is 2.51. The summed E-state index contributed by atoms with van der Waals surface area (Å²) in [6, 6.07) is 11.4. The van der Waals surface area contributed by atoms with Crippen molar-refractivity contribution in [3.63, 3.8) is 0 Å². The summed E-state index contributed by atoms with van der Waals surface area (Å²) in [4.78, 5) is 8.53.